The zero-order valence-electron chi connectivity index (χ0n) is 20.3. The molecule has 8 nitrogen and oxygen atoms in total. The predicted octanol–water partition coefficient (Wildman–Crippen LogP) is 4.17. The first-order valence-electron chi connectivity index (χ1n) is 11.9. The largest absolute Gasteiger partial charge is 0.508 e. The average Bonchev–Trinajstić information content (AvgIpc) is 2.87. The smallest absolute Gasteiger partial charge is 0.272 e. The molecule has 1 aliphatic rings. The van der Waals surface area contributed by atoms with E-state index >= 15 is 0 Å². The molecule has 2 amide bonds. The van der Waals surface area contributed by atoms with Crippen LogP contribution < -0.4 is 19.7 Å². The van der Waals surface area contributed by atoms with Gasteiger partial charge in [-0.2, -0.15) is 0 Å². The van der Waals surface area contributed by atoms with Gasteiger partial charge in [-0.05, 0) is 54.3 Å². The first-order chi connectivity index (χ1) is 17.3. The van der Waals surface area contributed by atoms with Crippen molar-refractivity contribution in [2.24, 2.45) is 5.92 Å². The summed E-state index contributed by atoms with van der Waals surface area (Å²) in [4.78, 5) is 28.9. The number of phenols is 2. The number of benzene rings is 3. The van der Waals surface area contributed by atoms with Gasteiger partial charge in [-0.1, -0.05) is 44.2 Å². The summed E-state index contributed by atoms with van der Waals surface area (Å²) in [5, 5.41) is 22.9. The van der Waals surface area contributed by atoms with Crippen LogP contribution in [-0.4, -0.2) is 41.3 Å². The van der Waals surface area contributed by atoms with Crippen LogP contribution in [-0.2, 0) is 9.59 Å². The molecule has 0 unspecified atom stereocenters. The molecule has 1 heterocycles. The fourth-order valence-electron chi connectivity index (χ4n) is 4.00. The Hall–Kier alpha value is -4.20. The summed E-state index contributed by atoms with van der Waals surface area (Å²) >= 11 is 0. The molecule has 188 valence electrons. The third-order valence-corrected chi connectivity index (χ3v) is 5.87. The van der Waals surface area contributed by atoms with Gasteiger partial charge in [0.15, 0.2) is 11.5 Å². The van der Waals surface area contributed by atoms with Gasteiger partial charge in [0, 0.05) is 18.3 Å². The van der Waals surface area contributed by atoms with E-state index in [0.717, 1.165) is 6.42 Å². The van der Waals surface area contributed by atoms with E-state index in [4.69, 9.17) is 9.47 Å². The van der Waals surface area contributed by atoms with Crippen LogP contribution in [0.15, 0.2) is 72.8 Å². The molecule has 3 aromatic rings. The van der Waals surface area contributed by atoms with Crippen molar-refractivity contribution in [3.05, 3.63) is 78.4 Å². The Morgan fingerprint density at radius 3 is 2.39 bits per heavy atom. The lowest BCUT2D eigenvalue weighted by Crippen LogP contribution is -2.51. The number of hydrogen-bond donors (Lipinski definition) is 3. The molecule has 3 N–H and O–H groups in total. The molecule has 0 aromatic heterocycles. The second-order valence-electron chi connectivity index (χ2n) is 9.06. The molecule has 0 fully saturated rings. The first-order valence-corrected chi connectivity index (χ1v) is 11.9. The van der Waals surface area contributed by atoms with Gasteiger partial charge < -0.3 is 25.0 Å². The van der Waals surface area contributed by atoms with E-state index in [-0.39, 0.29) is 18.1 Å². The highest BCUT2D eigenvalue weighted by atomic mass is 16.6. The molecule has 8 heteroatoms. The molecule has 4 rings (SSSR count). The summed E-state index contributed by atoms with van der Waals surface area (Å²) in [6.45, 7) is 4.51. The molecule has 0 aliphatic carbocycles. The van der Waals surface area contributed by atoms with Gasteiger partial charge in [-0.3, -0.25) is 14.5 Å². The normalized spacial score (nSPS) is 15.2. The maximum absolute atomic E-state index is 14.0. The van der Waals surface area contributed by atoms with Gasteiger partial charge in [0.1, 0.15) is 24.1 Å². The molecule has 1 aliphatic heterocycles. The van der Waals surface area contributed by atoms with Crippen LogP contribution in [0.25, 0.3) is 0 Å². The first kappa shape index (κ1) is 24.9. The lowest BCUT2D eigenvalue weighted by atomic mass is 10.0. The molecule has 0 bridgehead atoms. The van der Waals surface area contributed by atoms with Crippen LogP contribution in [0.4, 0.5) is 5.69 Å². The zero-order chi connectivity index (χ0) is 25.7. The minimum atomic E-state index is -1.09. The molecular weight excluding hydrogens is 460 g/mol. The van der Waals surface area contributed by atoms with Gasteiger partial charge in [-0.25, -0.2) is 0 Å². The molecule has 0 spiro atoms. The van der Waals surface area contributed by atoms with E-state index in [1.807, 2.05) is 6.07 Å². The van der Waals surface area contributed by atoms with Crippen molar-refractivity contribution in [2.75, 3.05) is 18.1 Å². The minimum absolute atomic E-state index is 0.0357. The molecule has 36 heavy (non-hydrogen) atoms. The quantitative estimate of drug-likeness (QED) is 0.437. The number of rotatable bonds is 8. The van der Waals surface area contributed by atoms with Crippen molar-refractivity contribution >= 4 is 17.5 Å². The van der Waals surface area contributed by atoms with E-state index in [9.17, 15) is 19.8 Å². The Kier molecular flexibility index (Phi) is 7.63. The van der Waals surface area contributed by atoms with Crippen LogP contribution >= 0.6 is 0 Å². The third-order valence-electron chi connectivity index (χ3n) is 5.87. The Balaban J connectivity index is 1.74. The van der Waals surface area contributed by atoms with E-state index in [2.05, 4.69) is 19.2 Å². The number of phenolic OH excluding ortho intramolecular Hbond substituents is 2. The van der Waals surface area contributed by atoms with Crippen LogP contribution in [0.3, 0.4) is 0 Å². The Bertz CT molecular complexity index is 1210. The summed E-state index contributed by atoms with van der Waals surface area (Å²) in [6, 6.07) is 18.2. The number of carbonyl (C=O) groups excluding carboxylic acids is 2. The highest BCUT2D eigenvalue weighted by Gasteiger charge is 2.39. The third kappa shape index (κ3) is 5.71. The van der Waals surface area contributed by atoms with Crippen molar-refractivity contribution in [1.29, 1.82) is 0 Å². The molecule has 3 aromatic carbocycles. The number of nitrogens with one attached hydrogen (secondary N) is 1. The fourth-order valence-corrected chi connectivity index (χ4v) is 4.00. The Morgan fingerprint density at radius 2 is 1.69 bits per heavy atom. The van der Waals surface area contributed by atoms with Gasteiger partial charge >= 0.3 is 0 Å². The van der Waals surface area contributed by atoms with Gasteiger partial charge in [0.05, 0.1) is 0 Å². The van der Waals surface area contributed by atoms with Crippen LogP contribution in [0.2, 0.25) is 0 Å². The standard InChI is InChI=1S/C28H30N2O6/c1-18(2)14-15-29-27(33)26(19-10-12-21(31)13-11-19)30(20-6-5-7-22(32)16-20)28(34)25-17-35-23-8-3-4-9-24(23)36-25/h3-13,16,18,25-26,31-32H,14-15,17H2,1-2H3,(H,29,33)/t25-,26+/m0/s1. The zero-order valence-corrected chi connectivity index (χ0v) is 20.3. The molecule has 0 saturated heterocycles. The topological polar surface area (TPSA) is 108 Å². The van der Waals surface area contributed by atoms with E-state index < -0.39 is 24.0 Å². The number of hydrogen-bond acceptors (Lipinski definition) is 6. The number of aromatic hydroxyl groups is 2. The number of fused-ring (bicyclic) bond motifs is 1. The molecule has 0 radical (unpaired) electrons. The predicted molar refractivity (Wildman–Crippen MR) is 135 cm³/mol. The lowest BCUT2D eigenvalue weighted by Gasteiger charge is -2.35. The van der Waals surface area contributed by atoms with Crippen LogP contribution in [0, 0.1) is 5.92 Å². The fraction of sp³-hybridized carbons (Fsp3) is 0.286. The number of anilines is 1. The summed E-state index contributed by atoms with van der Waals surface area (Å²) in [6.07, 6.45) is -0.255. The van der Waals surface area contributed by atoms with E-state index in [1.54, 1.807) is 42.5 Å². The van der Waals surface area contributed by atoms with Crippen molar-refractivity contribution in [3.8, 4) is 23.0 Å². The molecule has 2 atom stereocenters. The summed E-state index contributed by atoms with van der Waals surface area (Å²) < 4.78 is 11.7. The maximum Gasteiger partial charge on any atom is 0.272 e. The number of para-hydroxylation sites is 2. The number of nitrogens with zero attached hydrogens (tertiary/aromatic N) is 1. The second-order valence-corrected chi connectivity index (χ2v) is 9.06. The average molecular weight is 491 g/mol. The Morgan fingerprint density at radius 1 is 0.972 bits per heavy atom. The number of amides is 2. The SMILES string of the molecule is CC(C)CCNC(=O)[C@@H](c1ccc(O)cc1)N(C(=O)[C@@H]1COc2ccccc2O1)c1cccc(O)c1. The van der Waals surface area contributed by atoms with Crippen LogP contribution in [0.1, 0.15) is 31.9 Å². The van der Waals surface area contributed by atoms with E-state index in [1.165, 1.54) is 29.2 Å². The van der Waals surface area contributed by atoms with Crippen LogP contribution in [0.5, 0.6) is 23.0 Å². The monoisotopic (exact) mass is 490 g/mol. The van der Waals surface area contributed by atoms with Gasteiger partial charge in [-0.15, -0.1) is 0 Å². The van der Waals surface area contributed by atoms with E-state index in [0.29, 0.717) is 35.2 Å². The summed E-state index contributed by atoms with van der Waals surface area (Å²) in [5.74, 6) is 0.429. The molecule has 0 saturated carbocycles. The number of carbonyl (C=O) groups is 2. The van der Waals surface area contributed by atoms with Crippen molar-refractivity contribution < 1.29 is 29.3 Å². The lowest BCUT2D eigenvalue weighted by molar-refractivity contribution is -0.131. The number of ether oxygens (including phenoxy) is 2. The maximum atomic E-state index is 14.0. The molecular formula is C28H30N2O6. The van der Waals surface area contributed by atoms with Gasteiger partial charge in [0.2, 0.25) is 12.0 Å². The van der Waals surface area contributed by atoms with Crippen molar-refractivity contribution in [2.45, 2.75) is 32.4 Å². The second kappa shape index (κ2) is 11.0. The summed E-state index contributed by atoms with van der Waals surface area (Å²) in [7, 11) is 0. The van der Waals surface area contributed by atoms with Gasteiger partial charge in [0.25, 0.3) is 5.91 Å². The highest BCUT2D eigenvalue weighted by molar-refractivity contribution is 6.03. The van der Waals surface area contributed by atoms with Crippen molar-refractivity contribution in [1.82, 2.24) is 5.32 Å². The summed E-state index contributed by atoms with van der Waals surface area (Å²) in [5.41, 5.74) is 0.809. The minimum Gasteiger partial charge on any atom is -0.508 e. The highest BCUT2D eigenvalue weighted by Crippen LogP contribution is 2.35. The Labute approximate surface area is 210 Å². The van der Waals surface area contributed by atoms with Crippen molar-refractivity contribution in [3.63, 3.8) is 0 Å².